The molecule has 83 valence electrons. The quantitative estimate of drug-likeness (QED) is 0.639. The van der Waals surface area contributed by atoms with Crippen LogP contribution >= 0.6 is 0 Å². The van der Waals surface area contributed by atoms with E-state index in [1.807, 2.05) is 36.4 Å². The van der Waals surface area contributed by atoms with E-state index in [0.29, 0.717) is 5.56 Å². The summed E-state index contributed by atoms with van der Waals surface area (Å²) in [6, 6.07) is 19.1. The zero-order chi connectivity index (χ0) is 12.4. The van der Waals surface area contributed by atoms with Gasteiger partial charge in [0.05, 0.1) is 5.56 Å². The first kappa shape index (κ1) is 10.5. The molecule has 1 radical (unpaired) electrons. The summed E-state index contributed by atoms with van der Waals surface area (Å²) >= 11 is 0. The van der Waals surface area contributed by atoms with E-state index in [2.05, 4.69) is 23.2 Å². The first-order valence-electron chi connectivity index (χ1n) is 5.63. The normalized spacial score (nSPS) is 10.2. The number of hydrogen-bond donors (Lipinski definition) is 0. The zero-order valence-electron chi connectivity index (χ0n) is 9.59. The van der Waals surface area contributed by atoms with Crippen LogP contribution in [0.25, 0.3) is 21.9 Å². The molecular formula is C16H9N2. The minimum absolute atomic E-state index is 0.597. The Hall–Kier alpha value is -2.66. The second kappa shape index (κ2) is 4.31. The van der Waals surface area contributed by atoms with Gasteiger partial charge in [-0.15, -0.1) is 0 Å². The van der Waals surface area contributed by atoms with E-state index in [4.69, 9.17) is 5.26 Å². The molecule has 2 aromatic carbocycles. The Bertz CT molecular complexity index is 754. The van der Waals surface area contributed by atoms with Crippen LogP contribution in [-0.2, 0) is 0 Å². The van der Waals surface area contributed by atoms with Gasteiger partial charge in [0.2, 0.25) is 0 Å². The summed E-state index contributed by atoms with van der Waals surface area (Å²) in [4.78, 5) is 3.98. The van der Waals surface area contributed by atoms with Crippen LogP contribution in [0.2, 0.25) is 0 Å². The van der Waals surface area contributed by atoms with Gasteiger partial charge in [0.15, 0.2) is 0 Å². The van der Waals surface area contributed by atoms with E-state index in [0.717, 1.165) is 21.9 Å². The molecule has 0 saturated carbocycles. The molecule has 2 heteroatoms. The van der Waals surface area contributed by atoms with E-state index in [9.17, 15) is 0 Å². The Morgan fingerprint density at radius 3 is 2.94 bits per heavy atom. The van der Waals surface area contributed by atoms with Crippen molar-refractivity contribution in [3.63, 3.8) is 0 Å². The molecule has 0 atom stereocenters. The van der Waals surface area contributed by atoms with Crippen LogP contribution < -0.4 is 0 Å². The number of rotatable bonds is 1. The first-order chi connectivity index (χ1) is 8.88. The molecule has 0 N–H and O–H groups in total. The Morgan fingerprint density at radius 1 is 1.11 bits per heavy atom. The van der Waals surface area contributed by atoms with Crippen LogP contribution in [-0.4, -0.2) is 4.98 Å². The van der Waals surface area contributed by atoms with E-state index in [-0.39, 0.29) is 0 Å². The number of nitrogens with zero attached hydrogens (tertiary/aromatic N) is 2. The highest BCUT2D eigenvalue weighted by molar-refractivity contribution is 5.87. The maximum Gasteiger partial charge on any atom is 0.101 e. The Balaban J connectivity index is 2.23. The zero-order valence-corrected chi connectivity index (χ0v) is 9.59. The van der Waals surface area contributed by atoms with Crippen molar-refractivity contribution in [1.29, 1.82) is 5.26 Å². The van der Waals surface area contributed by atoms with Crippen LogP contribution in [0.4, 0.5) is 0 Å². The molecule has 0 bridgehead atoms. The predicted molar refractivity (Wildman–Crippen MR) is 70.7 cm³/mol. The molecule has 1 heterocycles. The number of hydrogen-bond acceptors (Lipinski definition) is 2. The molecule has 0 unspecified atom stereocenters. The third-order valence-corrected chi connectivity index (χ3v) is 2.94. The van der Waals surface area contributed by atoms with Crippen LogP contribution in [0.5, 0.6) is 0 Å². The average Bonchev–Trinajstić information content (AvgIpc) is 2.46. The highest BCUT2D eigenvalue weighted by atomic mass is 14.6. The van der Waals surface area contributed by atoms with E-state index < -0.39 is 0 Å². The summed E-state index contributed by atoms with van der Waals surface area (Å²) in [5.41, 5.74) is 2.55. The summed E-state index contributed by atoms with van der Waals surface area (Å²) in [5.74, 6) is 0. The molecule has 3 rings (SSSR count). The largest absolute Gasteiger partial charge is 0.263 e. The van der Waals surface area contributed by atoms with Gasteiger partial charge in [0.1, 0.15) is 6.07 Å². The van der Waals surface area contributed by atoms with Crippen molar-refractivity contribution in [2.45, 2.75) is 0 Å². The lowest BCUT2D eigenvalue weighted by Crippen LogP contribution is -1.86. The predicted octanol–water partition coefficient (Wildman–Crippen LogP) is 3.57. The maximum atomic E-state index is 9.10. The molecule has 0 saturated heterocycles. The Kier molecular flexibility index (Phi) is 2.51. The maximum absolute atomic E-state index is 9.10. The second-order valence-corrected chi connectivity index (χ2v) is 4.02. The van der Waals surface area contributed by atoms with Crippen molar-refractivity contribution in [3.8, 4) is 17.2 Å². The molecule has 0 aliphatic carbocycles. The Labute approximate surface area is 105 Å². The monoisotopic (exact) mass is 229 g/mol. The molecule has 0 amide bonds. The number of benzene rings is 2. The molecule has 2 nitrogen and oxygen atoms in total. The van der Waals surface area contributed by atoms with Crippen molar-refractivity contribution in [1.82, 2.24) is 4.98 Å². The van der Waals surface area contributed by atoms with Gasteiger partial charge in [-0.05, 0) is 40.6 Å². The highest BCUT2D eigenvalue weighted by Crippen LogP contribution is 2.26. The number of nitriles is 1. The number of pyridine rings is 1. The van der Waals surface area contributed by atoms with Crippen molar-refractivity contribution < 1.29 is 0 Å². The topological polar surface area (TPSA) is 36.7 Å². The van der Waals surface area contributed by atoms with E-state index in [1.165, 1.54) is 0 Å². The second-order valence-electron chi connectivity index (χ2n) is 4.02. The third kappa shape index (κ3) is 1.72. The SMILES string of the molecule is N#Cc1cnccc1-c1ccc2c[c]ccc2c1. The van der Waals surface area contributed by atoms with E-state index >= 15 is 0 Å². The summed E-state index contributed by atoms with van der Waals surface area (Å²) < 4.78 is 0. The fourth-order valence-corrected chi connectivity index (χ4v) is 2.03. The molecule has 0 aliphatic heterocycles. The smallest absolute Gasteiger partial charge is 0.101 e. The average molecular weight is 229 g/mol. The van der Waals surface area contributed by atoms with Gasteiger partial charge in [-0.25, -0.2) is 0 Å². The molecule has 0 fully saturated rings. The molecule has 1 aromatic heterocycles. The lowest BCUT2D eigenvalue weighted by atomic mass is 9.99. The van der Waals surface area contributed by atoms with Crippen molar-refractivity contribution in [3.05, 3.63) is 66.5 Å². The minimum Gasteiger partial charge on any atom is -0.263 e. The Morgan fingerprint density at radius 2 is 2.06 bits per heavy atom. The summed E-state index contributed by atoms with van der Waals surface area (Å²) in [6.07, 6.45) is 3.30. The lowest BCUT2D eigenvalue weighted by Gasteiger charge is -2.05. The van der Waals surface area contributed by atoms with E-state index in [1.54, 1.807) is 12.4 Å². The van der Waals surface area contributed by atoms with Crippen molar-refractivity contribution in [2.75, 3.05) is 0 Å². The van der Waals surface area contributed by atoms with Crippen LogP contribution in [0.1, 0.15) is 5.56 Å². The summed E-state index contributed by atoms with van der Waals surface area (Å²) in [5, 5.41) is 11.4. The van der Waals surface area contributed by atoms with Crippen LogP contribution in [0.15, 0.2) is 54.9 Å². The van der Waals surface area contributed by atoms with Gasteiger partial charge in [-0.1, -0.05) is 24.3 Å². The lowest BCUT2D eigenvalue weighted by molar-refractivity contribution is 1.30. The molecular weight excluding hydrogens is 220 g/mol. The first-order valence-corrected chi connectivity index (χ1v) is 5.63. The molecule has 0 spiro atoms. The van der Waals surface area contributed by atoms with Crippen LogP contribution in [0.3, 0.4) is 0 Å². The fourth-order valence-electron chi connectivity index (χ4n) is 2.03. The van der Waals surface area contributed by atoms with Crippen LogP contribution in [0, 0.1) is 17.4 Å². The van der Waals surface area contributed by atoms with Crippen molar-refractivity contribution in [2.24, 2.45) is 0 Å². The summed E-state index contributed by atoms with van der Waals surface area (Å²) in [6.45, 7) is 0. The number of fused-ring (bicyclic) bond motifs is 1. The van der Waals surface area contributed by atoms with Gasteiger partial charge in [0.25, 0.3) is 0 Å². The van der Waals surface area contributed by atoms with Gasteiger partial charge in [0, 0.05) is 18.0 Å². The molecule has 0 aliphatic rings. The summed E-state index contributed by atoms with van der Waals surface area (Å²) in [7, 11) is 0. The minimum atomic E-state index is 0.597. The van der Waals surface area contributed by atoms with Gasteiger partial charge in [-0.2, -0.15) is 5.26 Å². The molecule has 3 aromatic rings. The van der Waals surface area contributed by atoms with Gasteiger partial charge < -0.3 is 0 Å². The van der Waals surface area contributed by atoms with Gasteiger partial charge in [-0.3, -0.25) is 4.98 Å². The standard InChI is InChI=1S/C16H9N2/c17-10-15-11-18-8-7-16(15)14-6-5-12-3-1-2-4-13(12)9-14/h2-9,11H. The van der Waals surface area contributed by atoms with Crippen molar-refractivity contribution >= 4 is 10.8 Å². The van der Waals surface area contributed by atoms with Gasteiger partial charge >= 0.3 is 0 Å². The number of aromatic nitrogens is 1. The highest BCUT2D eigenvalue weighted by Gasteiger charge is 2.04. The molecule has 18 heavy (non-hydrogen) atoms. The fraction of sp³-hybridized carbons (Fsp3) is 0. The third-order valence-electron chi connectivity index (χ3n) is 2.94.